The molecule has 1 N–H and O–H groups in total. The molecule has 2 aromatic carbocycles. The lowest BCUT2D eigenvalue weighted by atomic mass is 9.96. The maximum atomic E-state index is 4.85. The highest BCUT2D eigenvalue weighted by atomic mass is 79.9. The van der Waals surface area contributed by atoms with Crippen molar-refractivity contribution in [3.8, 4) is 0 Å². The molecule has 0 saturated carbocycles. The van der Waals surface area contributed by atoms with Crippen molar-refractivity contribution >= 4 is 39.1 Å². The van der Waals surface area contributed by atoms with Gasteiger partial charge < -0.3 is 5.32 Å². The van der Waals surface area contributed by atoms with Crippen molar-refractivity contribution in [3.05, 3.63) is 64.6 Å². The molecule has 3 heteroatoms. The van der Waals surface area contributed by atoms with E-state index >= 15 is 0 Å². The van der Waals surface area contributed by atoms with Crippen molar-refractivity contribution in [1.82, 2.24) is 0 Å². The largest absolute Gasteiger partial charge is 0.378 e. The van der Waals surface area contributed by atoms with Gasteiger partial charge in [-0.05, 0) is 43.7 Å². The molecule has 0 radical (unpaired) electrons. The van der Waals surface area contributed by atoms with E-state index in [1.165, 1.54) is 5.56 Å². The van der Waals surface area contributed by atoms with Crippen molar-refractivity contribution in [2.75, 3.05) is 5.32 Å². The molecule has 1 heterocycles. The van der Waals surface area contributed by atoms with Gasteiger partial charge in [0.2, 0.25) is 0 Å². The van der Waals surface area contributed by atoms with Crippen LogP contribution in [-0.4, -0.2) is 11.3 Å². The molecule has 22 heavy (non-hydrogen) atoms. The maximum absolute atomic E-state index is 4.85. The fraction of sp³-hybridized carbons (Fsp3) is 0.211. The summed E-state index contributed by atoms with van der Waals surface area (Å²) in [6.45, 7) is 4.41. The first-order valence-electron chi connectivity index (χ1n) is 7.40. The third-order valence-corrected chi connectivity index (χ3v) is 4.08. The molecule has 0 saturated heterocycles. The molecule has 2 aromatic rings. The quantitative estimate of drug-likeness (QED) is 0.720. The lowest BCUT2D eigenvalue weighted by molar-refractivity contribution is 0.596. The molecule has 0 atom stereocenters. The van der Waals surface area contributed by atoms with Crippen LogP contribution in [0.25, 0.3) is 6.08 Å². The predicted molar refractivity (Wildman–Crippen MR) is 99.0 cm³/mol. The van der Waals surface area contributed by atoms with E-state index in [1.54, 1.807) is 0 Å². The number of hydrogen-bond acceptors (Lipinski definition) is 2. The van der Waals surface area contributed by atoms with Crippen LogP contribution in [0.4, 0.5) is 11.4 Å². The molecule has 2 nitrogen and oxygen atoms in total. The second kappa shape index (κ2) is 6.09. The molecule has 0 aromatic heterocycles. The van der Waals surface area contributed by atoms with Gasteiger partial charge in [0, 0.05) is 22.1 Å². The third-order valence-electron chi connectivity index (χ3n) is 3.59. The average Bonchev–Trinajstić information content (AvgIpc) is 2.60. The monoisotopic (exact) mass is 354 g/mol. The van der Waals surface area contributed by atoms with Gasteiger partial charge in [-0.2, -0.15) is 0 Å². The summed E-state index contributed by atoms with van der Waals surface area (Å²) in [7, 11) is 0. The summed E-state index contributed by atoms with van der Waals surface area (Å²) in [5.41, 5.74) is 4.30. The Morgan fingerprint density at radius 2 is 1.86 bits per heavy atom. The van der Waals surface area contributed by atoms with Crippen LogP contribution in [0, 0.1) is 0 Å². The smallest absolute Gasteiger partial charge is 0.0875 e. The number of allylic oxidation sites excluding steroid dienone is 1. The summed E-state index contributed by atoms with van der Waals surface area (Å²) in [6.07, 6.45) is 5.12. The lowest BCUT2D eigenvalue weighted by Gasteiger charge is -2.25. The first kappa shape index (κ1) is 15.0. The minimum absolute atomic E-state index is 0.0288. The van der Waals surface area contributed by atoms with Crippen LogP contribution >= 0.6 is 15.9 Å². The van der Waals surface area contributed by atoms with Crippen molar-refractivity contribution in [2.24, 2.45) is 4.99 Å². The molecule has 1 aliphatic heterocycles. The number of aliphatic imine (C=N–C) groups is 1. The van der Waals surface area contributed by atoms with Crippen LogP contribution in [-0.2, 0) is 0 Å². The third kappa shape index (κ3) is 3.66. The molecule has 0 spiro atoms. The summed E-state index contributed by atoms with van der Waals surface area (Å²) in [5, 5.41) is 3.58. The first-order valence-corrected chi connectivity index (χ1v) is 8.20. The zero-order valence-electron chi connectivity index (χ0n) is 12.8. The molecular formula is C19H19BrN2. The Morgan fingerprint density at radius 1 is 1.09 bits per heavy atom. The highest BCUT2D eigenvalue weighted by Crippen LogP contribution is 2.35. The zero-order valence-corrected chi connectivity index (χ0v) is 14.4. The summed E-state index contributed by atoms with van der Waals surface area (Å²) >= 11 is 3.53. The number of fused-ring (bicyclic) bond motifs is 1. The van der Waals surface area contributed by atoms with E-state index in [-0.39, 0.29) is 5.54 Å². The van der Waals surface area contributed by atoms with Gasteiger partial charge in [-0.3, -0.25) is 4.99 Å². The van der Waals surface area contributed by atoms with Gasteiger partial charge in [-0.25, -0.2) is 0 Å². The topological polar surface area (TPSA) is 24.4 Å². The van der Waals surface area contributed by atoms with Crippen molar-refractivity contribution in [1.29, 1.82) is 0 Å². The van der Waals surface area contributed by atoms with Gasteiger partial charge in [0.25, 0.3) is 0 Å². The van der Waals surface area contributed by atoms with Crippen LogP contribution in [0.1, 0.15) is 25.8 Å². The Kier molecular flexibility index (Phi) is 4.16. The van der Waals surface area contributed by atoms with Gasteiger partial charge in [-0.15, -0.1) is 0 Å². The summed E-state index contributed by atoms with van der Waals surface area (Å²) < 4.78 is 1.04. The molecule has 0 unspecified atom stereocenters. The summed E-state index contributed by atoms with van der Waals surface area (Å²) in [5.74, 6) is 0. The van der Waals surface area contributed by atoms with Crippen LogP contribution in [0.5, 0.6) is 0 Å². The second-order valence-electron chi connectivity index (χ2n) is 6.19. The van der Waals surface area contributed by atoms with Gasteiger partial charge in [-0.1, -0.05) is 52.3 Å². The highest BCUT2D eigenvalue weighted by molar-refractivity contribution is 9.10. The zero-order chi connectivity index (χ0) is 15.6. The maximum Gasteiger partial charge on any atom is 0.0875 e. The minimum Gasteiger partial charge on any atom is -0.378 e. The summed E-state index contributed by atoms with van der Waals surface area (Å²) in [6, 6.07) is 16.5. The van der Waals surface area contributed by atoms with E-state index in [2.05, 4.69) is 71.5 Å². The number of rotatable bonds is 2. The van der Waals surface area contributed by atoms with E-state index in [4.69, 9.17) is 4.99 Å². The number of halogens is 1. The molecule has 3 rings (SSSR count). The van der Waals surface area contributed by atoms with Gasteiger partial charge in [0.15, 0.2) is 0 Å². The number of benzene rings is 2. The summed E-state index contributed by atoms with van der Waals surface area (Å²) in [4.78, 5) is 4.85. The van der Waals surface area contributed by atoms with Crippen molar-refractivity contribution < 1.29 is 0 Å². The number of hydrogen-bond donors (Lipinski definition) is 1. The van der Waals surface area contributed by atoms with Crippen LogP contribution in [0.15, 0.2) is 64.1 Å². The first-order chi connectivity index (χ1) is 10.5. The van der Waals surface area contributed by atoms with Crippen LogP contribution in [0.3, 0.4) is 0 Å². The Bertz CT molecular complexity index is 730. The Hall–Kier alpha value is -1.87. The molecule has 0 bridgehead atoms. The van der Waals surface area contributed by atoms with Gasteiger partial charge in [0.1, 0.15) is 0 Å². The normalized spacial score (nSPS) is 16.6. The minimum atomic E-state index is -0.0288. The average molecular weight is 355 g/mol. The highest BCUT2D eigenvalue weighted by Gasteiger charge is 2.23. The Morgan fingerprint density at radius 3 is 2.64 bits per heavy atom. The Balaban J connectivity index is 1.97. The predicted octanol–water partition coefficient (Wildman–Crippen LogP) is 5.83. The SMILES string of the molecule is CC1(C)CC(/C=C/c2ccccc2)=Nc2cc(Br)ccc2N1. The van der Waals surface area contributed by atoms with E-state index < -0.39 is 0 Å². The molecule has 0 amide bonds. The fourth-order valence-electron chi connectivity index (χ4n) is 2.61. The lowest BCUT2D eigenvalue weighted by Crippen LogP contribution is -2.32. The van der Waals surface area contributed by atoms with E-state index in [0.29, 0.717) is 0 Å². The van der Waals surface area contributed by atoms with E-state index in [9.17, 15) is 0 Å². The van der Waals surface area contributed by atoms with Gasteiger partial charge >= 0.3 is 0 Å². The molecular weight excluding hydrogens is 336 g/mol. The fourth-order valence-corrected chi connectivity index (χ4v) is 2.96. The number of anilines is 1. The Labute approximate surface area is 140 Å². The second-order valence-corrected chi connectivity index (χ2v) is 7.11. The van der Waals surface area contributed by atoms with E-state index in [1.807, 2.05) is 24.3 Å². The van der Waals surface area contributed by atoms with Crippen molar-refractivity contribution in [2.45, 2.75) is 25.8 Å². The molecule has 0 aliphatic carbocycles. The van der Waals surface area contributed by atoms with Gasteiger partial charge in [0.05, 0.1) is 11.4 Å². The molecule has 112 valence electrons. The number of nitrogens with one attached hydrogen (secondary N) is 1. The van der Waals surface area contributed by atoms with Crippen molar-refractivity contribution in [3.63, 3.8) is 0 Å². The standard InChI is InChI=1S/C19H19BrN2/c1-19(2)13-16(10-8-14-6-4-3-5-7-14)21-18-12-15(20)9-11-17(18)22-19/h3-12,22H,13H2,1-2H3/b10-8+. The van der Waals surface area contributed by atoms with E-state index in [0.717, 1.165) is 28.0 Å². The molecule has 1 aliphatic rings. The number of nitrogens with zero attached hydrogens (tertiary/aromatic N) is 1. The van der Waals surface area contributed by atoms with Crippen LogP contribution in [0.2, 0.25) is 0 Å². The van der Waals surface area contributed by atoms with Crippen LogP contribution < -0.4 is 5.32 Å². The molecule has 0 fully saturated rings.